The van der Waals surface area contributed by atoms with E-state index in [4.69, 9.17) is 0 Å². The Morgan fingerprint density at radius 3 is 2.90 bits per heavy atom. The first-order chi connectivity index (χ1) is 14.0. The van der Waals surface area contributed by atoms with Crippen LogP contribution in [0.15, 0.2) is 61.0 Å². The summed E-state index contributed by atoms with van der Waals surface area (Å²) in [6.07, 6.45) is 2.50. The summed E-state index contributed by atoms with van der Waals surface area (Å²) in [5.41, 5.74) is 3.79. The summed E-state index contributed by atoms with van der Waals surface area (Å²) >= 11 is 0. The summed E-state index contributed by atoms with van der Waals surface area (Å²) in [5.74, 6) is 0.600. The summed E-state index contributed by atoms with van der Waals surface area (Å²) in [6.45, 7) is 0. The van der Waals surface area contributed by atoms with Gasteiger partial charge >= 0.3 is 6.36 Å². The lowest BCUT2D eigenvalue weighted by Gasteiger charge is -2.18. The Bertz CT molecular complexity index is 1270. The van der Waals surface area contributed by atoms with E-state index >= 15 is 0 Å². The van der Waals surface area contributed by atoms with Crippen molar-refractivity contribution in [2.75, 3.05) is 0 Å². The molecule has 3 heterocycles. The van der Waals surface area contributed by atoms with Crippen LogP contribution in [0.1, 0.15) is 12.2 Å². The highest BCUT2D eigenvalue weighted by Gasteiger charge is 2.33. The molecule has 3 aromatic heterocycles. The second-order valence-electron chi connectivity index (χ2n) is 6.61. The zero-order chi connectivity index (χ0) is 20.0. The molecular weight excluding hydrogens is 383 g/mol. The van der Waals surface area contributed by atoms with Crippen LogP contribution in [0.2, 0.25) is 0 Å². The van der Waals surface area contributed by atoms with Crippen LogP contribution >= 0.6 is 0 Å². The van der Waals surface area contributed by atoms with Gasteiger partial charge in [0.25, 0.3) is 0 Å². The van der Waals surface area contributed by atoms with Crippen LogP contribution in [-0.2, 0) is 4.74 Å². The van der Waals surface area contributed by atoms with E-state index in [1.165, 1.54) is 6.08 Å². The van der Waals surface area contributed by atoms with Gasteiger partial charge in [0.1, 0.15) is 11.3 Å². The summed E-state index contributed by atoms with van der Waals surface area (Å²) < 4.78 is 43.4. The Morgan fingerprint density at radius 1 is 1.21 bits per heavy atom. The van der Waals surface area contributed by atoms with Crippen molar-refractivity contribution in [2.45, 2.75) is 18.9 Å². The second kappa shape index (κ2) is 6.56. The molecule has 4 aromatic rings. The Hall–Kier alpha value is -3.46. The molecule has 0 fully saturated rings. The third-order valence-electron chi connectivity index (χ3n) is 4.70. The molecule has 0 bridgehead atoms. The number of nitrogens with one attached hydrogen (secondary N) is 1. The first kappa shape index (κ1) is 17.6. The van der Waals surface area contributed by atoms with Crippen molar-refractivity contribution in [1.29, 1.82) is 0 Å². The molecule has 0 amide bonds. The minimum Gasteiger partial charge on any atom is -0.284 e. The zero-order valence-electron chi connectivity index (χ0n) is 14.9. The Balaban J connectivity index is 1.60. The van der Waals surface area contributed by atoms with Gasteiger partial charge in [-0.2, -0.15) is 5.10 Å². The van der Waals surface area contributed by atoms with Gasteiger partial charge in [0.2, 0.25) is 0 Å². The fourth-order valence-electron chi connectivity index (χ4n) is 3.45. The minimum absolute atomic E-state index is 0.0999. The van der Waals surface area contributed by atoms with E-state index in [0.29, 0.717) is 22.6 Å². The number of pyridine rings is 1. The highest BCUT2D eigenvalue weighted by Crippen LogP contribution is 2.31. The third-order valence-corrected chi connectivity index (χ3v) is 4.70. The van der Waals surface area contributed by atoms with Gasteiger partial charge < -0.3 is 0 Å². The van der Waals surface area contributed by atoms with Gasteiger partial charge in [-0.25, -0.2) is 9.97 Å². The topological polar surface area (TPSA) is 68.6 Å². The van der Waals surface area contributed by atoms with Crippen molar-refractivity contribution in [2.24, 2.45) is 0 Å². The number of hydrogen-bond acceptors (Lipinski definition) is 4. The second-order valence-corrected chi connectivity index (χ2v) is 6.61. The number of H-pyrrole nitrogens is 1. The lowest BCUT2D eigenvalue weighted by molar-refractivity contribution is -0.335. The molecule has 9 heteroatoms. The van der Waals surface area contributed by atoms with Crippen molar-refractivity contribution in [3.8, 4) is 5.69 Å². The van der Waals surface area contributed by atoms with E-state index in [-0.39, 0.29) is 6.42 Å². The monoisotopic (exact) mass is 397 g/mol. The number of benzene rings is 1. The van der Waals surface area contributed by atoms with E-state index in [0.717, 1.165) is 16.6 Å². The Morgan fingerprint density at radius 2 is 2.10 bits per heavy atom. The average molecular weight is 397 g/mol. The maximum Gasteiger partial charge on any atom is 0.523 e. The number of allylic oxidation sites excluding steroid dienone is 2. The predicted molar refractivity (Wildman–Crippen MR) is 101 cm³/mol. The third kappa shape index (κ3) is 3.29. The molecule has 1 aromatic carbocycles. The average Bonchev–Trinajstić information content (AvgIpc) is 3.31. The van der Waals surface area contributed by atoms with E-state index in [1.807, 2.05) is 28.8 Å². The number of nitrogens with zero attached hydrogens (tertiary/aromatic N) is 4. The molecule has 0 spiro atoms. The van der Waals surface area contributed by atoms with Gasteiger partial charge in [-0.15, -0.1) is 13.2 Å². The first-order valence-electron chi connectivity index (χ1n) is 8.88. The number of imidazole rings is 1. The minimum atomic E-state index is -4.67. The lowest BCUT2D eigenvalue weighted by atomic mass is 10.0. The van der Waals surface area contributed by atoms with Crippen molar-refractivity contribution < 1.29 is 17.9 Å². The van der Waals surface area contributed by atoms with Gasteiger partial charge in [0.15, 0.2) is 5.65 Å². The highest BCUT2D eigenvalue weighted by molar-refractivity contribution is 5.85. The van der Waals surface area contributed by atoms with Gasteiger partial charge in [0.05, 0.1) is 17.8 Å². The molecule has 0 saturated heterocycles. The lowest BCUT2D eigenvalue weighted by Crippen LogP contribution is -2.23. The molecule has 1 N–H and O–H groups in total. The van der Waals surface area contributed by atoms with Crippen molar-refractivity contribution in [1.82, 2.24) is 24.7 Å². The van der Waals surface area contributed by atoms with Crippen molar-refractivity contribution in [3.63, 3.8) is 0 Å². The Kier molecular flexibility index (Phi) is 3.99. The molecule has 1 unspecified atom stereocenters. The molecule has 5 rings (SSSR count). The standard InChI is InChI=1S/C20H14F3N5O/c21-20(22,23)29-15-6-3-12(4-7-15)18-26-17-2-1-9-24-19(17)28(18)14-5-8-16-13(10-14)11-25-27-16/h1-6,8-11,15H,7H2,(H,25,27). The predicted octanol–water partition coefficient (Wildman–Crippen LogP) is 4.55. The van der Waals surface area contributed by atoms with Gasteiger partial charge in [0, 0.05) is 22.8 Å². The number of aromatic amines is 1. The molecule has 146 valence electrons. The zero-order valence-corrected chi connectivity index (χ0v) is 14.9. The molecule has 1 aliphatic rings. The summed E-state index contributed by atoms with van der Waals surface area (Å²) in [4.78, 5) is 9.13. The number of alkyl halides is 3. The number of aromatic nitrogens is 5. The molecule has 1 atom stereocenters. The largest absolute Gasteiger partial charge is 0.523 e. The number of fused-ring (bicyclic) bond motifs is 2. The molecule has 0 saturated carbocycles. The van der Waals surface area contributed by atoms with Crippen LogP contribution in [0.5, 0.6) is 0 Å². The fraction of sp³-hybridized carbons (Fsp3) is 0.150. The van der Waals surface area contributed by atoms with Gasteiger partial charge in [-0.05, 0) is 36.8 Å². The normalized spacial score (nSPS) is 17.2. The van der Waals surface area contributed by atoms with Gasteiger partial charge in [-0.1, -0.05) is 18.2 Å². The summed E-state index contributed by atoms with van der Waals surface area (Å²) in [5, 5.41) is 7.88. The van der Waals surface area contributed by atoms with Crippen LogP contribution in [0.4, 0.5) is 13.2 Å². The Labute approximate surface area is 162 Å². The number of hydrogen-bond donors (Lipinski definition) is 1. The number of rotatable bonds is 3. The van der Waals surface area contributed by atoms with Crippen molar-refractivity contribution >= 4 is 27.6 Å². The van der Waals surface area contributed by atoms with E-state index in [9.17, 15) is 13.2 Å². The maximum absolute atomic E-state index is 12.5. The smallest absolute Gasteiger partial charge is 0.284 e. The van der Waals surface area contributed by atoms with Gasteiger partial charge in [-0.3, -0.25) is 14.4 Å². The van der Waals surface area contributed by atoms with Crippen LogP contribution in [0.3, 0.4) is 0 Å². The number of ether oxygens (including phenoxy) is 1. The van der Waals surface area contributed by atoms with E-state index < -0.39 is 12.5 Å². The van der Waals surface area contributed by atoms with E-state index in [2.05, 4.69) is 24.9 Å². The van der Waals surface area contributed by atoms with Crippen LogP contribution in [-0.4, -0.2) is 37.2 Å². The summed E-state index contributed by atoms with van der Waals surface area (Å²) in [6, 6.07) is 9.43. The molecule has 0 aliphatic heterocycles. The summed E-state index contributed by atoms with van der Waals surface area (Å²) in [7, 11) is 0. The number of halogens is 3. The van der Waals surface area contributed by atoms with Crippen molar-refractivity contribution in [3.05, 3.63) is 66.8 Å². The van der Waals surface area contributed by atoms with E-state index in [1.54, 1.807) is 30.6 Å². The quantitative estimate of drug-likeness (QED) is 0.551. The van der Waals surface area contributed by atoms with Crippen LogP contribution < -0.4 is 0 Å². The molecule has 29 heavy (non-hydrogen) atoms. The molecular formula is C20H14F3N5O. The van der Waals surface area contributed by atoms with Crippen LogP contribution in [0, 0.1) is 0 Å². The maximum atomic E-state index is 12.5. The fourth-order valence-corrected chi connectivity index (χ4v) is 3.45. The first-order valence-corrected chi connectivity index (χ1v) is 8.88. The SMILES string of the molecule is FC(F)(F)OC1C=CC(c2nc3cccnc3n2-c2ccc3[nH]ncc3c2)=CC1. The highest BCUT2D eigenvalue weighted by atomic mass is 19.4. The van der Waals surface area contributed by atoms with Crippen LogP contribution in [0.25, 0.3) is 33.3 Å². The molecule has 6 nitrogen and oxygen atoms in total. The molecule has 1 aliphatic carbocycles. The molecule has 0 radical (unpaired) electrons.